The lowest BCUT2D eigenvalue weighted by Crippen LogP contribution is -2.49. The molecule has 2 atom stereocenters. The Balaban J connectivity index is 4.43. The third-order valence-corrected chi connectivity index (χ3v) is 3.38. The molecule has 0 aliphatic carbocycles. The number of urea groups is 1. The lowest BCUT2D eigenvalue weighted by atomic mass is 10.0. The predicted octanol–water partition coefficient (Wildman–Crippen LogP) is 2.71. The van der Waals surface area contributed by atoms with Crippen molar-refractivity contribution in [2.45, 2.75) is 66.0 Å². The number of carbonyl (C=O) groups excluding carboxylic acids is 1. The molecule has 0 aromatic heterocycles. The number of amides is 2. The zero-order valence-electron chi connectivity index (χ0n) is 12.8. The molecular weight excluding hydrogens is 244 g/mol. The van der Waals surface area contributed by atoms with Gasteiger partial charge >= 0.3 is 12.0 Å². The van der Waals surface area contributed by atoms with Gasteiger partial charge in [-0.1, -0.05) is 19.8 Å². The first kappa shape index (κ1) is 17.7. The number of hydrogen-bond acceptors (Lipinski definition) is 2. The smallest absolute Gasteiger partial charge is 0.317 e. The van der Waals surface area contributed by atoms with Gasteiger partial charge in [0.2, 0.25) is 0 Å². The molecular formula is C14H28N2O3. The number of nitrogens with one attached hydrogen (secondary N) is 1. The van der Waals surface area contributed by atoms with Gasteiger partial charge in [-0.25, -0.2) is 4.79 Å². The fraction of sp³-hybridized carbons (Fsp3) is 0.857. The Morgan fingerprint density at radius 1 is 1.16 bits per heavy atom. The molecule has 0 aromatic carbocycles. The van der Waals surface area contributed by atoms with Gasteiger partial charge in [0, 0.05) is 18.6 Å². The highest BCUT2D eigenvalue weighted by molar-refractivity contribution is 5.76. The first-order chi connectivity index (χ1) is 8.81. The molecule has 5 heteroatoms. The molecule has 2 N–H and O–H groups in total. The molecule has 0 spiro atoms. The molecule has 0 bridgehead atoms. The van der Waals surface area contributed by atoms with E-state index < -0.39 is 11.9 Å². The number of carbonyl (C=O) groups is 2. The molecule has 0 rings (SSSR count). The lowest BCUT2D eigenvalue weighted by Gasteiger charge is -2.29. The second-order valence-corrected chi connectivity index (χ2v) is 5.36. The standard InChI is InChI=1S/C14H28N2O3/c1-6-7-8-9-16(10(2)3)14(19)15-12(5)11(4)13(17)18/h10-12H,6-9H2,1-5H3,(H,15,19)(H,17,18). The van der Waals surface area contributed by atoms with E-state index in [0.717, 1.165) is 19.3 Å². The Hall–Kier alpha value is -1.26. The summed E-state index contributed by atoms with van der Waals surface area (Å²) in [7, 11) is 0. The number of nitrogens with zero attached hydrogens (tertiary/aromatic N) is 1. The van der Waals surface area contributed by atoms with E-state index in [1.54, 1.807) is 18.7 Å². The molecule has 0 aromatic rings. The number of carboxylic acids is 1. The molecule has 0 fully saturated rings. The van der Waals surface area contributed by atoms with Crippen LogP contribution in [-0.4, -0.2) is 40.6 Å². The molecule has 2 unspecified atom stereocenters. The van der Waals surface area contributed by atoms with E-state index in [1.807, 2.05) is 13.8 Å². The van der Waals surface area contributed by atoms with Gasteiger partial charge in [0.25, 0.3) is 0 Å². The minimum absolute atomic E-state index is 0.115. The van der Waals surface area contributed by atoms with Crippen molar-refractivity contribution in [1.82, 2.24) is 10.2 Å². The Kier molecular flexibility index (Phi) is 8.19. The molecule has 5 nitrogen and oxygen atoms in total. The molecule has 19 heavy (non-hydrogen) atoms. The van der Waals surface area contributed by atoms with E-state index in [-0.39, 0.29) is 18.1 Å². The maximum absolute atomic E-state index is 12.1. The summed E-state index contributed by atoms with van der Waals surface area (Å²) in [4.78, 5) is 24.8. The van der Waals surface area contributed by atoms with Gasteiger partial charge in [-0.3, -0.25) is 4.79 Å². The van der Waals surface area contributed by atoms with Crippen molar-refractivity contribution in [3.63, 3.8) is 0 Å². The summed E-state index contributed by atoms with van der Waals surface area (Å²) in [6.07, 6.45) is 3.18. The van der Waals surface area contributed by atoms with Crippen LogP contribution in [-0.2, 0) is 4.79 Å². The summed E-state index contributed by atoms with van der Waals surface area (Å²) < 4.78 is 0. The zero-order valence-corrected chi connectivity index (χ0v) is 12.8. The van der Waals surface area contributed by atoms with Gasteiger partial charge in [0.1, 0.15) is 0 Å². The summed E-state index contributed by atoms with van der Waals surface area (Å²) in [6.45, 7) is 10.1. The molecule has 0 heterocycles. The van der Waals surface area contributed by atoms with Crippen molar-refractivity contribution < 1.29 is 14.7 Å². The van der Waals surface area contributed by atoms with Crippen LogP contribution in [0.25, 0.3) is 0 Å². The van der Waals surface area contributed by atoms with Crippen LogP contribution in [0.2, 0.25) is 0 Å². The number of unbranched alkanes of at least 4 members (excludes halogenated alkanes) is 2. The Labute approximate surface area is 116 Å². The van der Waals surface area contributed by atoms with Crippen LogP contribution in [0.5, 0.6) is 0 Å². The second kappa shape index (κ2) is 8.77. The average Bonchev–Trinajstić information content (AvgIpc) is 2.32. The second-order valence-electron chi connectivity index (χ2n) is 5.36. The normalized spacial score (nSPS) is 14.0. The average molecular weight is 272 g/mol. The van der Waals surface area contributed by atoms with Crippen LogP contribution in [0.3, 0.4) is 0 Å². The third kappa shape index (κ3) is 6.45. The fourth-order valence-corrected chi connectivity index (χ4v) is 1.74. The van der Waals surface area contributed by atoms with Gasteiger partial charge < -0.3 is 15.3 Å². The highest BCUT2D eigenvalue weighted by atomic mass is 16.4. The summed E-state index contributed by atoms with van der Waals surface area (Å²) in [5.41, 5.74) is 0. The number of rotatable bonds is 8. The quantitative estimate of drug-likeness (QED) is 0.667. The Morgan fingerprint density at radius 3 is 2.16 bits per heavy atom. The van der Waals surface area contributed by atoms with E-state index in [2.05, 4.69) is 12.2 Å². The SMILES string of the molecule is CCCCCN(C(=O)NC(C)C(C)C(=O)O)C(C)C. The van der Waals surface area contributed by atoms with Crippen molar-refractivity contribution >= 4 is 12.0 Å². The maximum Gasteiger partial charge on any atom is 0.317 e. The predicted molar refractivity (Wildman–Crippen MR) is 76.2 cm³/mol. The van der Waals surface area contributed by atoms with Crippen molar-refractivity contribution in [1.29, 1.82) is 0 Å². The molecule has 0 aliphatic rings. The van der Waals surface area contributed by atoms with Crippen LogP contribution in [0.4, 0.5) is 4.79 Å². The number of hydrogen-bond donors (Lipinski definition) is 2. The summed E-state index contributed by atoms with van der Waals surface area (Å²) in [5, 5.41) is 11.7. The van der Waals surface area contributed by atoms with Gasteiger partial charge in [-0.05, 0) is 34.1 Å². The van der Waals surface area contributed by atoms with Gasteiger partial charge in [0.05, 0.1) is 5.92 Å². The minimum Gasteiger partial charge on any atom is -0.481 e. The maximum atomic E-state index is 12.1. The van der Waals surface area contributed by atoms with Crippen molar-refractivity contribution in [3.8, 4) is 0 Å². The molecule has 2 amide bonds. The first-order valence-corrected chi connectivity index (χ1v) is 7.11. The zero-order chi connectivity index (χ0) is 15.0. The Bertz CT molecular complexity index is 292. The monoisotopic (exact) mass is 272 g/mol. The topological polar surface area (TPSA) is 69.6 Å². The van der Waals surface area contributed by atoms with E-state index in [1.165, 1.54) is 0 Å². The highest BCUT2D eigenvalue weighted by Gasteiger charge is 2.24. The first-order valence-electron chi connectivity index (χ1n) is 7.11. The van der Waals surface area contributed by atoms with Gasteiger partial charge in [-0.2, -0.15) is 0 Å². The summed E-state index contributed by atoms with van der Waals surface area (Å²) >= 11 is 0. The lowest BCUT2D eigenvalue weighted by molar-refractivity contribution is -0.141. The summed E-state index contributed by atoms with van der Waals surface area (Å²) in [6, 6.07) is -0.437. The van der Waals surface area contributed by atoms with Crippen LogP contribution < -0.4 is 5.32 Å². The van der Waals surface area contributed by atoms with Crippen molar-refractivity contribution in [2.75, 3.05) is 6.54 Å². The largest absolute Gasteiger partial charge is 0.481 e. The van der Waals surface area contributed by atoms with Crippen LogP contribution >= 0.6 is 0 Å². The van der Waals surface area contributed by atoms with Crippen LogP contribution in [0.15, 0.2) is 0 Å². The minimum atomic E-state index is -0.894. The van der Waals surface area contributed by atoms with Crippen molar-refractivity contribution in [3.05, 3.63) is 0 Å². The van der Waals surface area contributed by atoms with Crippen molar-refractivity contribution in [2.24, 2.45) is 5.92 Å². The van der Waals surface area contributed by atoms with Gasteiger partial charge in [-0.15, -0.1) is 0 Å². The number of aliphatic carboxylic acids is 1. The fourth-order valence-electron chi connectivity index (χ4n) is 1.74. The molecule has 0 saturated heterocycles. The van der Waals surface area contributed by atoms with E-state index in [9.17, 15) is 9.59 Å². The molecule has 0 saturated carbocycles. The highest BCUT2D eigenvalue weighted by Crippen LogP contribution is 2.07. The van der Waals surface area contributed by atoms with Crippen LogP contribution in [0.1, 0.15) is 53.9 Å². The summed E-state index contributed by atoms with van der Waals surface area (Å²) in [5.74, 6) is -1.48. The molecule has 0 radical (unpaired) electrons. The third-order valence-electron chi connectivity index (χ3n) is 3.38. The van der Waals surface area contributed by atoms with E-state index >= 15 is 0 Å². The van der Waals surface area contributed by atoms with E-state index in [0.29, 0.717) is 6.54 Å². The van der Waals surface area contributed by atoms with Crippen LogP contribution in [0, 0.1) is 5.92 Å². The molecule has 0 aliphatic heterocycles. The Morgan fingerprint density at radius 2 is 1.74 bits per heavy atom. The number of carboxylic acid groups (broad SMARTS) is 1. The molecule has 112 valence electrons. The van der Waals surface area contributed by atoms with E-state index in [4.69, 9.17) is 5.11 Å². The van der Waals surface area contributed by atoms with Gasteiger partial charge in [0.15, 0.2) is 0 Å².